The van der Waals surface area contributed by atoms with Crippen LogP contribution in [0, 0.1) is 12.7 Å². The topological polar surface area (TPSA) is 115 Å². The Morgan fingerprint density at radius 3 is 2.66 bits per heavy atom. The molecule has 3 N–H and O–H groups in total. The number of benzene rings is 1. The minimum absolute atomic E-state index is 0.0444. The van der Waals surface area contributed by atoms with Crippen molar-refractivity contribution in [1.82, 2.24) is 14.8 Å². The number of pyridine rings is 1. The van der Waals surface area contributed by atoms with E-state index in [0.717, 1.165) is 29.7 Å². The molecule has 1 aromatic carbocycles. The van der Waals surface area contributed by atoms with Gasteiger partial charge in [-0.3, -0.25) is 4.98 Å². The number of aromatic nitrogens is 3. The number of carbonyl (C=O) groups excluding carboxylic acids is 1. The van der Waals surface area contributed by atoms with E-state index in [4.69, 9.17) is 5.14 Å². The fourth-order valence-corrected chi connectivity index (χ4v) is 4.68. The summed E-state index contributed by atoms with van der Waals surface area (Å²) in [5, 5.41) is 10.3. The van der Waals surface area contributed by atoms with E-state index in [2.05, 4.69) is 19.8 Å². The Hall–Kier alpha value is -3.25. The van der Waals surface area contributed by atoms with Crippen LogP contribution < -0.4 is 10.5 Å². The minimum Gasteiger partial charge on any atom is -0.304 e. The first-order valence-electron chi connectivity index (χ1n) is 9.64. The van der Waals surface area contributed by atoms with Crippen LogP contribution in [0.25, 0.3) is 11.1 Å². The molecule has 1 aliphatic rings. The Balaban J connectivity index is 1.76. The number of hydrogen-bond acceptors (Lipinski definition) is 4. The maximum absolute atomic E-state index is 14.0. The van der Waals surface area contributed by atoms with Crippen molar-refractivity contribution in [2.24, 2.45) is 9.50 Å². The van der Waals surface area contributed by atoms with Crippen molar-refractivity contribution in [1.29, 1.82) is 0 Å². The molecule has 0 unspecified atom stereocenters. The van der Waals surface area contributed by atoms with Gasteiger partial charge >= 0.3 is 12.6 Å². The third kappa shape index (κ3) is 4.10. The lowest BCUT2D eigenvalue weighted by Gasteiger charge is -2.17. The van der Waals surface area contributed by atoms with E-state index in [0.29, 0.717) is 29.6 Å². The molecule has 2 heterocycles. The summed E-state index contributed by atoms with van der Waals surface area (Å²) >= 11 is 0. The zero-order valence-electron chi connectivity index (χ0n) is 16.9. The molecule has 12 heteroatoms. The third-order valence-electron chi connectivity index (χ3n) is 5.05. The standard InChI is InChI=1S/C20H19F3N6O2S/c1-11-16(12-6-3-2-4-7-12)17(13-8-5-9-15(13)25-11)26-20(30)28-32(24,31)18-14(21)10-29(27-18)19(22)23/h2-4,6-7,10,19H,5,8-9H2,1H3,(H3,24,25,26,28,30,31)/t32-/m0/s1. The molecular formula is C20H19F3N6O2S. The Morgan fingerprint density at radius 2 is 2.00 bits per heavy atom. The van der Waals surface area contributed by atoms with Crippen molar-refractivity contribution in [3.63, 3.8) is 0 Å². The van der Waals surface area contributed by atoms with Gasteiger partial charge in [0.1, 0.15) is 0 Å². The maximum atomic E-state index is 14.0. The van der Waals surface area contributed by atoms with Gasteiger partial charge in [-0.2, -0.15) is 13.9 Å². The minimum atomic E-state index is -4.22. The normalized spacial score (nSPS) is 14.8. The zero-order valence-corrected chi connectivity index (χ0v) is 17.7. The lowest BCUT2D eigenvalue weighted by Crippen LogP contribution is -2.20. The molecule has 1 aliphatic carbocycles. The molecule has 32 heavy (non-hydrogen) atoms. The summed E-state index contributed by atoms with van der Waals surface area (Å²) in [7, 11) is -4.22. The second-order valence-electron chi connectivity index (χ2n) is 7.22. The number of hydrogen-bond donors (Lipinski definition) is 2. The van der Waals surface area contributed by atoms with E-state index in [1.54, 1.807) is 0 Å². The number of nitrogens with two attached hydrogens (primary N) is 1. The largest absolute Gasteiger partial charge is 0.354 e. The van der Waals surface area contributed by atoms with Gasteiger partial charge < -0.3 is 5.32 Å². The number of anilines is 1. The van der Waals surface area contributed by atoms with Crippen molar-refractivity contribution in [2.75, 3.05) is 5.32 Å². The molecule has 0 bridgehead atoms. The first-order chi connectivity index (χ1) is 15.2. The highest BCUT2D eigenvalue weighted by atomic mass is 32.2. The van der Waals surface area contributed by atoms with Gasteiger partial charge in [0.25, 0.3) is 0 Å². The zero-order chi connectivity index (χ0) is 23.0. The van der Waals surface area contributed by atoms with Crippen LogP contribution in [-0.2, 0) is 22.8 Å². The van der Waals surface area contributed by atoms with Crippen LogP contribution in [-0.4, -0.2) is 25.0 Å². The smallest absolute Gasteiger partial charge is 0.304 e. The van der Waals surface area contributed by atoms with Gasteiger partial charge in [-0.15, -0.1) is 4.36 Å². The fraction of sp³-hybridized carbons (Fsp3) is 0.250. The quantitative estimate of drug-likeness (QED) is 0.602. The number of fused-ring (bicyclic) bond motifs is 1. The molecular weight excluding hydrogens is 445 g/mol. The van der Waals surface area contributed by atoms with Crippen molar-refractivity contribution in [3.8, 4) is 11.1 Å². The maximum Gasteiger partial charge on any atom is 0.354 e. The summed E-state index contributed by atoms with van der Waals surface area (Å²) < 4.78 is 55.5. The lowest BCUT2D eigenvalue weighted by molar-refractivity contribution is 0.0552. The van der Waals surface area contributed by atoms with E-state index in [-0.39, 0.29) is 4.68 Å². The van der Waals surface area contributed by atoms with Gasteiger partial charge in [0, 0.05) is 17.0 Å². The lowest BCUT2D eigenvalue weighted by atomic mass is 9.98. The van der Waals surface area contributed by atoms with Crippen LogP contribution in [0.15, 0.2) is 45.9 Å². The molecule has 4 rings (SSSR count). The van der Waals surface area contributed by atoms with Gasteiger partial charge in [-0.25, -0.2) is 23.2 Å². The number of urea groups is 1. The summed E-state index contributed by atoms with van der Waals surface area (Å²) in [6.07, 6.45) is 2.61. The Bertz CT molecular complexity index is 1320. The molecule has 1 atom stereocenters. The van der Waals surface area contributed by atoms with E-state index < -0.39 is 33.3 Å². The van der Waals surface area contributed by atoms with Crippen LogP contribution in [0.1, 0.15) is 29.9 Å². The highest BCUT2D eigenvalue weighted by Gasteiger charge is 2.26. The van der Waals surface area contributed by atoms with Crippen LogP contribution in [0.5, 0.6) is 0 Å². The van der Waals surface area contributed by atoms with Crippen molar-refractivity contribution in [3.05, 3.63) is 59.3 Å². The Morgan fingerprint density at radius 1 is 1.28 bits per heavy atom. The predicted octanol–water partition coefficient (Wildman–Crippen LogP) is 4.21. The summed E-state index contributed by atoms with van der Waals surface area (Å²) in [6, 6.07) is 8.14. The van der Waals surface area contributed by atoms with Crippen molar-refractivity contribution in [2.45, 2.75) is 37.8 Å². The summed E-state index contributed by atoms with van der Waals surface area (Å²) in [5.74, 6) is -1.35. The monoisotopic (exact) mass is 464 g/mol. The van der Waals surface area contributed by atoms with Gasteiger partial charge in [0.05, 0.1) is 11.9 Å². The molecule has 0 spiro atoms. The third-order valence-corrected chi connectivity index (χ3v) is 6.32. The van der Waals surface area contributed by atoms with Crippen molar-refractivity contribution < 1.29 is 22.2 Å². The van der Waals surface area contributed by atoms with E-state index >= 15 is 0 Å². The highest BCUT2D eigenvalue weighted by Crippen LogP contribution is 2.38. The molecule has 0 fully saturated rings. The number of alkyl halides is 2. The van der Waals surface area contributed by atoms with Gasteiger partial charge in [-0.05, 0) is 37.3 Å². The van der Waals surface area contributed by atoms with Gasteiger partial charge in [-0.1, -0.05) is 30.3 Å². The number of nitrogens with one attached hydrogen (secondary N) is 1. The Kier molecular flexibility index (Phi) is 5.73. The molecule has 3 aromatic rings. The SMILES string of the molecule is Cc1nc2c(c(NC(=O)N=[S@](N)(=O)c3nn(C(F)F)cc3F)c1-c1ccccc1)CCC2. The predicted molar refractivity (Wildman–Crippen MR) is 112 cm³/mol. The van der Waals surface area contributed by atoms with Crippen LogP contribution in [0.2, 0.25) is 0 Å². The highest BCUT2D eigenvalue weighted by molar-refractivity contribution is 7.91. The summed E-state index contributed by atoms with van der Waals surface area (Å²) in [6.45, 7) is -1.36. The van der Waals surface area contributed by atoms with Crippen molar-refractivity contribution >= 4 is 21.6 Å². The number of halogens is 3. The number of aryl methyl sites for hydroxylation is 2. The average molecular weight is 464 g/mol. The molecule has 0 aliphatic heterocycles. The number of rotatable bonds is 4. The van der Waals surface area contributed by atoms with Gasteiger partial charge in [0.2, 0.25) is 5.03 Å². The molecule has 0 saturated heterocycles. The van der Waals surface area contributed by atoms with Gasteiger partial charge in [0.15, 0.2) is 15.7 Å². The number of carbonyl (C=O) groups is 1. The molecule has 0 saturated carbocycles. The summed E-state index contributed by atoms with van der Waals surface area (Å²) in [5.41, 5.74) is 4.28. The van der Waals surface area contributed by atoms with E-state index in [1.165, 1.54) is 0 Å². The molecule has 2 amide bonds. The van der Waals surface area contributed by atoms with E-state index in [1.807, 2.05) is 37.3 Å². The average Bonchev–Trinajstić information content (AvgIpc) is 3.35. The second kappa shape index (κ2) is 8.36. The molecule has 168 valence electrons. The summed E-state index contributed by atoms with van der Waals surface area (Å²) in [4.78, 5) is 17.3. The molecule has 2 aromatic heterocycles. The van der Waals surface area contributed by atoms with Crippen LogP contribution in [0.3, 0.4) is 0 Å². The number of nitrogens with zero attached hydrogens (tertiary/aromatic N) is 4. The molecule has 8 nitrogen and oxygen atoms in total. The first kappa shape index (κ1) is 22.0. The second-order valence-corrected chi connectivity index (χ2v) is 8.93. The van der Waals surface area contributed by atoms with E-state index in [9.17, 15) is 22.2 Å². The number of amides is 2. The molecule has 0 radical (unpaired) electrons. The first-order valence-corrected chi connectivity index (χ1v) is 11.2. The van der Waals surface area contributed by atoms with Crippen LogP contribution >= 0.6 is 0 Å². The fourth-order valence-electron chi connectivity index (χ4n) is 3.75. The van der Waals surface area contributed by atoms with Crippen LogP contribution in [0.4, 0.5) is 23.7 Å². The Labute approximate surface area is 182 Å².